The summed E-state index contributed by atoms with van der Waals surface area (Å²) in [7, 11) is 0. The van der Waals surface area contributed by atoms with Crippen molar-refractivity contribution in [3.05, 3.63) is 60.0 Å². The van der Waals surface area contributed by atoms with Gasteiger partial charge >= 0.3 is 5.97 Å². The first kappa shape index (κ1) is 13.0. The quantitative estimate of drug-likeness (QED) is 0.741. The Kier molecular flexibility index (Phi) is 3.42. The van der Waals surface area contributed by atoms with E-state index in [1.165, 1.54) is 18.4 Å². The van der Waals surface area contributed by atoms with Crippen molar-refractivity contribution in [2.45, 2.75) is 6.61 Å². The zero-order valence-electron chi connectivity index (χ0n) is 10.9. The fourth-order valence-electron chi connectivity index (χ4n) is 1.77. The average Bonchev–Trinajstić information content (AvgIpc) is 3.15. The molecule has 0 fully saturated rings. The third kappa shape index (κ3) is 2.94. The highest BCUT2D eigenvalue weighted by atomic mass is 16.5. The first-order valence-electron chi connectivity index (χ1n) is 6.18. The Morgan fingerprint density at radius 1 is 1.19 bits per heavy atom. The minimum absolute atomic E-state index is 0.00555. The summed E-state index contributed by atoms with van der Waals surface area (Å²) in [5, 5.41) is 13.1. The third-order valence-corrected chi connectivity index (χ3v) is 2.76. The number of phenolic OH excluding ortho intramolecular Hbond substituents is 1. The molecule has 0 radical (unpaired) electrons. The van der Waals surface area contributed by atoms with E-state index in [0.717, 1.165) is 0 Å². The second-order valence-electron chi connectivity index (χ2n) is 4.29. The van der Waals surface area contributed by atoms with Crippen molar-refractivity contribution in [3.63, 3.8) is 0 Å². The molecular weight excluding hydrogens is 274 g/mol. The van der Waals surface area contributed by atoms with Gasteiger partial charge in [0, 0.05) is 6.07 Å². The molecule has 0 aliphatic carbocycles. The fourth-order valence-corrected chi connectivity index (χ4v) is 1.77. The average molecular weight is 285 g/mol. The summed E-state index contributed by atoms with van der Waals surface area (Å²) in [6, 6.07) is 11.0. The molecule has 0 unspecified atom stereocenters. The van der Waals surface area contributed by atoms with Crippen molar-refractivity contribution in [1.82, 2.24) is 5.16 Å². The van der Waals surface area contributed by atoms with Crippen molar-refractivity contribution >= 4 is 5.97 Å². The normalized spacial score (nSPS) is 10.5. The Hall–Kier alpha value is -3.02. The van der Waals surface area contributed by atoms with Crippen LogP contribution in [0.2, 0.25) is 0 Å². The number of rotatable bonds is 4. The third-order valence-electron chi connectivity index (χ3n) is 2.76. The number of carbonyl (C=O) groups is 1. The number of carbonyl (C=O) groups excluding carboxylic acids is 1. The van der Waals surface area contributed by atoms with Crippen LogP contribution in [-0.4, -0.2) is 16.2 Å². The molecule has 2 heterocycles. The molecule has 0 saturated carbocycles. The van der Waals surface area contributed by atoms with E-state index in [-0.39, 0.29) is 17.9 Å². The van der Waals surface area contributed by atoms with Crippen LogP contribution in [-0.2, 0) is 11.3 Å². The molecule has 0 amide bonds. The second-order valence-corrected chi connectivity index (χ2v) is 4.29. The molecular formula is C15H11NO5. The Morgan fingerprint density at radius 2 is 2.10 bits per heavy atom. The van der Waals surface area contributed by atoms with Gasteiger partial charge in [-0.3, -0.25) is 0 Å². The van der Waals surface area contributed by atoms with E-state index in [9.17, 15) is 9.90 Å². The van der Waals surface area contributed by atoms with E-state index in [0.29, 0.717) is 17.2 Å². The van der Waals surface area contributed by atoms with Gasteiger partial charge in [0.25, 0.3) is 0 Å². The summed E-state index contributed by atoms with van der Waals surface area (Å²) in [5.41, 5.74) is 0.736. The summed E-state index contributed by atoms with van der Waals surface area (Å²) in [6.07, 6.45) is 1.53. The van der Waals surface area contributed by atoms with Crippen LogP contribution in [0.1, 0.15) is 16.1 Å². The van der Waals surface area contributed by atoms with Crippen LogP contribution in [0.4, 0.5) is 0 Å². The Labute approximate surface area is 119 Å². The second kappa shape index (κ2) is 5.54. The van der Waals surface area contributed by atoms with Crippen LogP contribution < -0.4 is 0 Å². The smallest absolute Gasteiger partial charge is 0.338 e. The summed E-state index contributed by atoms with van der Waals surface area (Å²) in [6.45, 7) is -0.0291. The first-order valence-corrected chi connectivity index (χ1v) is 6.18. The fraction of sp³-hybridized carbons (Fsp3) is 0.0667. The molecule has 1 N–H and O–H groups in total. The largest absolute Gasteiger partial charge is 0.508 e. The first-order chi connectivity index (χ1) is 10.2. The van der Waals surface area contributed by atoms with Crippen LogP contribution in [0.5, 0.6) is 5.75 Å². The molecule has 3 aromatic rings. The van der Waals surface area contributed by atoms with Gasteiger partial charge < -0.3 is 18.8 Å². The Morgan fingerprint density at radius 3 is 2.86 bits per heavy atom. The molecule has 3 rings (SSSR count). The van der Waals surface area contributed by atoms with E-state index < -0.39 is 5.97 Å². The van der Waals surface area contributed by atoms with Crippen LogP contribution in [0, 0.1) is 0 Å². The van der Waals surface area contributed by atoms with Gasteiger partial charge in [-0.05, 0) is 30.3 Å². The van der Waals surface area contributed by atoms with Gasteiger partial charge in [-0.15, -0.1) is 0 Å². The lowest BCUT2D eigenvalue weighted by Gasteiger charge is -2.02. The Balaban J connectivity index is 1.64. The van der Waals surface area contributed by atoms with Crippen molar-refractivity contribution < 1.29 is 23.6 Å². The van der Waals surface area contributed by atoms with Crippen LogP contribution in [0.25, 0.3) is 11.5 Å². The molecule has 106 valence electrons. The standard InChI is InChI=1S/C15H11NO5/c17-12-4-1-3-10(7-12)15(18)20-9-11-8-14(21-16-11)13-5-2-6-19-13/h1-8,17H,9H2. The maximum Gasteiger partial charge on any atom is 0.338 e. The van der Waals surface area contributed by atoms with Gasteiger partial charge in [0.1, 0.15) is 18.1 Å². The van der Waals surface area contributed by atoms with Gasteiger partial charge in [0.05, 0.1) is 11.8 Å². The molecule has 21 heavy (non-hydrogen) atoms. The zero-order valence-corrected chi connectivity index (χ0v) is 10.9. The summed E-state index contributed by atoms with van der Waals surface area (Å²) in [4.78, 5) is 11.8. The van der Waals surface area contributed by atoms with E-state index in [1.54, 1.807) is 30.3 Å². The number of hydrogen-bond acceptors (Lipinski definition) is 6. The molecule has 1 aromatic carbocycles. The molecule has 0 aliphatic rings. The maximum atomic E-state index is 11.8. The monoisotopic (exact) mass is 285 g/mol. The number of aromatic hydroxyl groups is 1. The highest BCUT2D eigenvalue weighted by Crippen LogP contribution is 2.21. The lowest BCUT2D eigenvalue weighted by atomic mass is 10.2. The molecule has 6 heteroatoms. The Bertz CT molecular complexity index is 745. The van der Waals surface area contributed by atoms with Crippen molar-refractivity contribution in [1.29, 1.82) is 0 Å². The molecule has 0 spiro atoms. The number of ether oxygens (including phenoxy) is 1. The van der Waals surface area contributed by atoms with Crippen LogP contribution >= 0.6 is 0 Å². The number of phenols is 1. The van der Waals surface area contributed by atoms with Gasteiger partial charge in [-0.1, -0.05) is 11.2 Å². The number of esters is 1. The van der Waals surface area contributed by atoms with Crippen molar-refractivity contribution in [2.24, 2.45) is 0 Å². The summed E-state index contributed by atoms with van der Waals surface area (Å²) >= 11 is 0. The number of aromatic nitrogens is 1. The van der Waals surface area contributed by atoms with E-state index >= 15 is 0 Å². The van der Waals surface area contributed by atoms with E-state index in [4.69, 9.17) is 13.7 Å². The molecule has 0 bridgehead atoms. The number of benzene rings is 1. The molecule has 6 nitrogen and oxygen atoms in total. The molecule has 0 atom stereocenters. The summed E-state index contributed by atoms with van der Waals surface area (Å²) < 4.78 is 15.4. The van der Waals surface area contributed by atoms with Crippen LogP contribution in [0.15, 0.2) is 57.7 Å². The van der Waals surface area contributed by atoms with Gasteiger partial charge in [0.2, 0.25) is 5.76 Å². The predicted molar refractivity (Wildman–Crippen MR) is 71.4 cm³/mol. The van der Waals surface area contributed by atoms with Gasteiger partial charge in [-0.25, -0.2) is 4.79 Å². The highest BCUT2D eigenvalue weighted by molar-refractivity contribution is 5.89. The van der Waals surface area contributed by atoms with Crippen molar-refractivity contribution in [3.8, 4) is 17.3 Å². The molecule has 0 saturated heterocycles. The SMILES string of the molecule is O=C(OCc1cc(-c2ccco2)on1)c1cccc(O)c1. The topological polar surface area (TPSA) is 85.7 Å². The lowest BCUT2D eigenvalue weighted by molar-refractivity contribution is 0.0464. The lowest BCUT2D eigenvalue weighted by Crippen LogP contribution is -2.05. The maximum absolute atomic E-state index is 11.8. The molecule has 0 aliphatic heterocycles. The molecule has 2 aromatic heterocycles. The number of nitrogens with zero attached hydrogens (tertiary/aromatic N) is 1. The minimum Gasteiger partial charge on any atom is -0.508 e. The van der Waals surface area contributed by atoms with Crippen molar-refractivity contribution in [2.75, 3.05) is 0 Å². The number of hydrogen-bond donors (Lipinski definition) is 1. The van der Waals surface area contributed by atoms with Gasteiger partial charge in [-0.2, -0.15) is 0 Å². The minimum atomic E-state index is -0.548. The van der Waals surface area contributed by atoms with E-state index in [2.05, 4.69) is 5.16 Å². The number of furan rings is 1. The predicted octanol–water partition coefficient (Wildman–Crippen LogP) is 3.00. The van der Waals surface area contributed by atoms with Crippen LogP contribution in [0.3, 0.4) is 0 Å². The van der Waals surface area contributed by atoms with Gasteiger partial charge in [0.15, 0.2) is 5.76 Å². The zero-order chi connectivity index (χ0) is 14.7. The van der Waals surface area contributed by atoms with E-state index in [1.807, 2.05) is 0 Å². The summed E-state index contributed by atoms with van der Waals surface area (Å²) in [5.74, 6) is 0.468. The highest BCUT2D eigenvalue weighted by Gasteiger charge is 2.12.